The highest BCUT2D eigenvalue weighted by molar-refractivity contribution is 7.16. The van der Waals surface area contributed by atoms with Crippen LogP contribution in [0.15, 0.2) is 12.1 Å². The quantitative estimate of drug-likeness (QED) is 0.752. The molecule has 1 saturated carbocycles. The van der Waals surface area contributed by atoms with E-state index >= 15 is 0 Å². The van der Waals surface area contributed by atoms with Gasteiger partial charge in [-0.1, -0.05) is 11.6 Å². The number of aryl methyl sites for hydroxylation is 1. The van der Waals surface area contributed by atoms with Gasteiger partial charge in [0.1, 0.15) is 5.78 Å². The van der Waals surface area contributed by atoms with Crippen LogP contribution < -0.4 is 0 Å². The third-order valence-electron chi connectivity index (χ3n) is 2.28. The van der Waals surface area contributed by atoms with Crippen molar-refractivity contribution in [1.29, 1.82) is 0 Å². The number of hydrogen-bond donors (Lipinski definition) is 0. The lowest BCUT2D eigenvalue weighted by Crippen LogP contribution is -2.00. The Hall–Kier alpha value is -0.340. The Labute approximate surface area is 86.7 Å². The maximum atomic E-state index is 11.4. The van der Waals surface area contributed by atoms with Gasteiger partial charge in [-0.15, -0.1) is 11.3 Å². The van der Waals surface area contributed by atoms with Gasteiger partial charge < -0.3 is 0 Å². The predicted molar refractivity (Wildman–Crippen MR) is 55.4 cm³/mol. The van der Waals surface area contributed by atoms with E-state index in [1.165, 1.54) is 4.88 Å². The molecule has 1 fully saturated rings. The Kier molecular flexibility index (Phi) is 2.70. The molecule has 0 saturated heterocycles. The highest BCUT2D eigenvalue weighted by Gasteiger charge is 2.28. The molecule has 1 nitrogen and oxygen atoms in total. The van der Waals surface area contributed by atoms with Gasteiger partial charge in [-0.05, 0) is 31.4 Å². The van der Waals surface area contributed by atoms with Gasteiger partial charge in [0.05, 0.1) is 4.34 Å². The molecule has 3 heteroatoms. The molecule has 0 unspecified atom stereocenters. The average Bonchev–Trinajstić information content (AvgIpc) is 2.87. The summed E-state index contributed by atoms with van der Waals surface area (Å²) < 4.78 is 0.814. The van der Waals surface area contributed by atoms with Gasteiger partial charge >= 0.3 is 0 Å². The highest BCUT2D eigenvalue weighted by Crippen LogP contribution is 2.32. The third kappa shape index (κ3) is 2.55. The summed E-state index contributed by atoms with van der Waals surface area (Å²) in [6.45, 7) is 0. The summed E-state index contributed by atoms with van der Waals surface area (Å²) in [5, 5.41) is 0. The second kappa shape index (κ2) is 3.81. The Morgan fingerprint density at radius 3 is 2.85 bits per heavy atom. The van der Waals surface area contributed by atoms with Crippen molar-refractivity contribution in [3.63, 3.8) is 0 Å². The molecule has 1 aliphatic carbocycles. The Morgan fingerprint density at radius 1 is 1.54 bits per heavy atom. The minimum atomic E-state index is 0.399. The zero-order valence-electron chi connectivity index (χ0n) is 7.25. The second-order valence-corrected chi connectivity index (χ2v) is 5.25. The van der Waals surface area contributed by atoms with E-state index < -0.39 is 0 Å². The first-order valence-corrected chi connectivity index (χ1v) is 5.72. The van der Waals surface area contributed by atoms with Gasteiger partial charge in [-0.3, -0.25) is 4.79 Å². The number of Topliss-reactive ketones (excluding diaryl/α,β-unsaturated/α-hetero) is 1. The van der Waals surface area contributed by atoms with E-state index in [0.717, 1.165) is 23.6 Å². The van der Waals surface area contributed by atoms with E-state index in [9.17, 15) is 4.79 Å². The lowest BCUT2D eigenvalue weighted by Gasteiger charge is -1.95. The Bertz CT molecular complexity index is 314. The number of ketones is 1. The average molecular weight is 215 g/mol. The number of hydrogen-bond acceptors (Lipinski definition) is 2. The Balaban J connectivity index is 1.81. The number of rotatable bonds is 4. The number of thiophene rings is 1. The number of halogens is 1. The van der Waals surface area contributed by atoms with E-state index in [2.05, 4.69) is 0 Å². The van der Waals surface area contributed by atoms with E-state index in [1.54, 1.807) is 11.3 Å². The fourth-order valence-corrected chi connectivity index (χ4v) is 2.43. The van der Waals surface area contributed by atoms with Gasteiger partial charge in [0, 0.05) is 17.2 Å². The standard InChI is InChI=1S/C10H11ClOS/c11-10-6-4-8(13-10)3-5-9(12)7-1-2-7/h4,6-7H,1-3,5H2. The summed E-state index contributed by atoms with van der Waals surface area (Å²) in [5.41, 5.74) is 0. The van der Waals surface area contributed by atoms with Gasteiger partial charge in [-0.2, -0.15) is 0 Å². The normalized spacial score (nSPS) is 16.1. The van der Waals surface area contributed by atoms with Gasteiger partial charge in [0.2, 0.25) is 0 Å². The van der Waals surface area contributed by atoms with Crippen molar-refractivity contribution in [2.45, 2.75) is 25.7 Å². The highest BCUT2D eigenvalue weighted by atomic mass is 35.5. The van der Waals surface area contributed by atoms with Gasteiger partial charge in [-0.25, -0.2) is 0 Å². The van der Waals surface area contributed by atoms with Crippen molar-refractivity contribution in [3.8, 4) is 0 Å². The molecule has 0 bridgehead atoms. The van der Waals surface area contributed by atoms with Crippen molar-refractivity contribution < 1.29 is 4.79 Å². The maximum absolute atomic E-state index is 11.4. The molecule has 2 rings (SSSR count). The van der Waals surface area contributed by atoms with E-state index in [0.29, 0.717) is 18.1 Å². The largest absolute Gasteiger partial charge is 0.299 e. The number of carbonyl (C=O) groups is 1. The number of carbonyl (C=O) groups excluding carboxylic acids is 1. The molecule has 0 spiro atoms. The molecule has 0 aliphatic heterocycles. The zero-order chi connectivity index (χ0) is 9.26. The molecular weight excluding hydrogens is 204 g/mol. The topological polar surface area (TPSA) is 17.1 Å². The molecule has 1 aromatic heterocycles. The third-order valence-corrected chi connectivity index (χ3v) is 3.57. The second-order valence-electron chi connectivity index (χ2n) is 3.45. The van der Waals surface area contributed by atoms with Crippen molar-refractivity contribution >= 4 is 28.7 Å². The monoisotopic (exact) mass is 214 g/mol. The minimum Gasteiger partial charge on any atom is -0.299 e. The van der Waals surface area contributed by atoms with Crippen LogP contribution in [0.2, 0.25) is 4.34 Å². The van der Waals surface area contributed by atoms with Crippen LogP contribution >= 0.6 is 22.9 Å². The van der Waals surface area contributed by atoms with Crippen LogP contribution in [0.3, 0.4) is 0 Å². The molecule has 0 N–H and O–H groups in total. The van der Waals surface area contributed by atoms with Crippen molar-refractivity contribution in [2.75, 3.05) is 0 Å². The molecule has 0 aromatic carbocycles. The molecule has 0 atom stereocenters. The molecule has 0 radical (unpaired) electrons. The summed E-state index contributed by atoms with van der Waals surface area (Å²) in [7, 11) is 0. The molecule has 13 heavy (non-hydrogen) atoms. The summed E-state index contributed by atoms with van der Waals surface area (Å²) in [5.74, 6) is 0.833. The van der Waals surface area contributed by atoms with E-state index in [4.69, 9.17) is 11.6 Å². The van der Waals surface area contributed by atoms with Crippen molar-refractivity contribution in [2.24, 2.45) is 5.92 Å². The van der Waals surface area contributed by atoms with E-state index in [1.807, 2.05) is 12.1 Å². The maximum Gasteiger partial charge on any atom is 0.136 e. The molecule has 1 heterocycles. The lowest BCUT2D eigenvalue weighted by molar-refractivity contribution is -0.120. The summed E-state index contributed by atoms with van der Waals surface area (Å²) >= 11 is 7.36. The van der Waals surface area contributed by atoms with Crippen LogP contribution in [-0.2, 0) is 11.2 Å². The van der Waals surface area contributed by atoms with Crippen LogP contribution in [0.5, 0.6) is 0 Å². The molecule has 0 amide bonds. The summed E-state index contributed by atoms with van der Waals surface area (Å²) in [4.78, 5) is 12.6. The van der Waals surface area contributed by atoms with Gasteiger partial charge in [0.25, 0.3) is 0 Å². The molecule has 1 aromatic rings. The first-order chi connectivity index (χ1) is 6.25. The fourth-order valence-electron chi connectivity index (χ4n) is 1.34. The zero-order valence-corrected chi connectivity index (χ0v) is 8.83. The van der Waals surface area contributed by atoms with Crippen LogP contribution in [0.1, 0.15) is 24.1 Å². The van der Waals surface area contributed by atoms with Crippen LogP contribution in [0.25, 0.3) is 0 Å². The fraction of sp³-hybridized carbons (Fsp3) is 0.500. The van der Waals surface area contributed by atoms with Crippen molar-refractivity contribution in [3.05, 3.63) is 21.3 Å². The van der Waals surface area contributed by atoms with Gasteiger partial charge in [0.15, 0.2) is 0 Å². The Morgan fingerprint density at radius 2 is 2.31 bits per heavy atom. The van der Waals surface area contributed by atoms with Crippen LogP contribution in [0.4, 0.5) is 0 Å². The lowest BCUT2D eigenvalue weighted by atomic mass is 10.1. The van der Waals surface area contributed by atoms with Crippen LogP contribution in [0, 0.1) is 5.92 Å². The molecule has 70 valence electrons. The van der Waals surface area contributed by atoms with E-state index in [-0.39, 0.29) is 0 Å². The van der Waals surface area contributed by atoms with Crippen molar-refractivity contribution in [1.82, 2.24) is 0 Å². The minimum absolute atomic E-state index is 0.399. The predicted octanol–water partition coefficient (Wildman–Crippen LogP) is 3.31. The van der Waals surface area contributed by atoms with Crippen LogP contribution in [-0.4, -0.2) is 5.78 Å². The smallest absolute Gasteiger partial charge is 0.136 e. The SMILES string of the molecule is O=C(CCc1ccc(Cl)s1)C1CC1. The summed E-state index contributed by atoms with van der Waals surface area (Å²) in [6, 6.07) is 3.90. The summed E-state index contributed by atoms with van der Waals surface area (Å²) in [6.07, 6.45) is 3.79. The first-order valence-electron chi connectivity index (χ1n) is 4.52. The molecular formula is C10H11ClOS. The molecule has 1 aliphatic rings. The first kappa shape index (κ1) is 9.22.